The zero-order valence-electron chi connectivity index (χ0n) is 14.0. The van der Waals surface area contributed by atoms with Crippen LogP contribution in [0, 0.1) is 19.8 Å². The number of anilines is 2. The molecule has 1 heterocycles. The van der Waals surface area contributed by atoms with Crippen molar-refractivity contribution in [3.63, 3.8) is 0 Å². The summed E-state index contributed by atoms with van der Waals surface area (Å²) in [4.78, 5) is 0. The van der Waals surface area contributed by atoms with E-state index in [-0.39, 0.29) is 0 Å². The number of aryl methyl sites for hydroxylation is 2. The predicted octanol–water partition coefficient (Wildman–Crippen LogP) is 5.30. The summed E-state index contributed by atoms with van der Waals surface area (Å²) in [5.41, 5.74) is 6.48. The van der Waals surface area contributed by atoms with Crippen molar-refractivity contribution in [3.05, 3.63) is 59.2 Å². The van der Waals surface area contributed by atoms with Crippen LogP contribution in [0.25, 0.3) is 0 Å². The van der Waals surface area contributed by atoms with E-state index in [0.717, 1.165) is 6.42 Å². The summed E-state index contributed by atoms with van der Waals surface area (Å²) in [6.07, 6.45) is 1.14. The molecule has 22 heavy (non-hydrogen) atoms. The van der Waals surface area contributed by atoms with Crippen LogP contribution >= 0.6 is 0 Å². The van der Waals surface area contributed by atoms with E-state index in [1.165, 1.54) is 28.1 Å². The van der Waals surface area contributed by atoms with Crippen LogP contribution < -0.4 is 10.6 Å². The third-order valence-electron chi connectivity index (χ3n) is 4.86. The predicted molar refractivity (Wildman–Crippen MR) is 95.6 cm³/mol. The summed E-state index contributed by atoms with van der Waals surface area (Å²) < 4.78 is 0. The molecule has 0 amide bonds. The number of rotatable bonds is 3. The van der Waals surface area contributed by atoms with Crippen molar-refractivity contribution >= 4 is 11.4 Å². The fourth-order valence-electron chi connectivity index (χ4n) is 3.43. The zero-order chi connectivity index (χ0) is 15.7. The molecule has 1 aliphatic rings. The van der Waals surface area contributed by atoms with Gasteiger partial charge in [-0.1, -0.05) is 49.2 Å². The third kappa shape index (κ3) is 2.83. The molecule has 0 saturated heterocycles. The van der Waals surface area contributed by atoms with Crippen molar-refractivity contribution in [2.75, 3.05) is 10.6 Å². The Morgan fingerprint density at radius 1 is 1.00 bits per heavy atom. The smallest absolute Gasteiger partial charge is 0.0579 e. The van der Waals surface area contributed by atoms with E-state index in [4.69, 9.17) is 0 Å². The summed E-state index contributed by atoms with van der Waals surface area (Å²) in [6, 6.07) is 16.3. The number of benzene rings is 2. The number of fused-ring (bicyclic) bond motifs is 1. The standard InChI is InChI=1S/C20H26N2/c1-5-18-15(4)20(21-16-9-6-13(2)7-10-16)17-12-14(3)8-11-19(17)22-18/h6-12,15,18,20-22H,5H2,1-4H3/t15-,18-,20-/m0/s1. The fraction of sp³-hybridized carbons (Fsp3) is 0.400. The van der Waals surface area contributed by atoms with Gasteiger partial charge < -0.3 is 10.6 Å². The maximum Gasteiger partial charge on any atom is 0.0579 e. The van der Waals surface area contributed by atoms with Gasteiger partial charge in [-0.25, -0.2) is 0 Å². The number of hydrogen-bond donors (Lipinski definition) is 2. The molecule has 0 unspecified atom stereocenters. The van der Waals surface area contributed by atoms with Gasteiger partial charge in [-0.3, -0.25) is 0 Å². The first-order valence-electron chi connectivity index (χ1n) is 8.28. The zero-order valence-corrected chi connectivity index (χ0v) is 14.0. The van der Waals surface area contributed by atoms with Crippen molar-refractivity contribution < 1.29 is 0 Å². The van der Waals surface area contributed by atoms with Crippen LogP contribution in [0.15, 0.2) is 42.5 Å². The molecule has 2 heteroatoms. The van der Waals surface area contributed by atoms with Crippen molar-refractivity contribution in [2.45, 2.75) is 46.2 Å². The minimum Gasteiger partial charge on any atom is -0.382 e. The van der Waals surface area contributed by atoms with Crippen LogP contribution in [-0.4, -0.2) is 6.04 Å². The lowest BCUT2D eigenvalue weighted by Crippen LogP contribution is -2.38. The molecule has 2 aromatic rings. The Morgan fingerprint density at radius 3 is 2.36 bits per heavy atom. The minimum atomic E-state index is 0.351. The van der Waals surface area contributed by atoms with E-state index in [1.54, 1.807) is 0 Å². The highest BCUT2D eigenvalue weighted by Crippen LogP contribution is 2.40. The molecule has 2 aromatic carbocycles. The van der Waals surface area contributed by atoms with Gasteiger partial charge in [-0.15, -0.1) is 0 Å². The Hall–Kier alpha value is -1.96. The van der Waals surface area contributed by atoms with Gasteiger partial charge in [0.1, 0.15) is 0 Å². The first kappa shape index (κ1) is 15.0. The number of hydrogen-bond acceptors (Lipinski definition) is 2. The second kappa shape index (κ2) is 6.04. The monoisotopic (exact) mass is 294 g/mol. The highest BCUT2D eigenvalue weighted by molar-refractivity contribution is 5.60. The normalized spacial score (nSPS) is 23.5. The van der Waals surface area contributed by atoms with Gasteiger partial charge in [0.15, 0.2) is 0 Å². The Bertz CT molecular complexity index is 645. The van der Waals surface area contributed by atoms with Gasteiger partial charge >= 0.3 is 0 Å². The minimum absolute atomic E-state index is 0.351. The molecule has 0 bridgehead atoms. The molecular formula is C20H26N2. The molecule has 2 nitrogen and oxygen atoms in total. The van der Waals surface area contributed by atoms with Crippen molar-refractivity contribution in [3.8, 4) is 0 Å². The molecule has 0 spiro atoms. The second-order valence-electron chi connectivity index (χ2n) is 6.60. The van der Waals surface area contributed by atoms with Crippen LogP contribution in [0.5, 0.6) is 0 Å². The maximum absolute atomic E-state index is 3.77. The Labute approximate surface area is 134 Å². The highest BCUT2D eigenvalue weighted by atomic mass is 15.0. The molecule has 3 rings (SSSR count). The van der Waals surface area contributed by atoms with Crippen LogP contribution in [0.3, 0.4) is 0 Å². The fourth-order valence-corrected chi connectivity index (χ4v) is 3.43. The van der Waals surface area contributed by atoms with Crippen molar-refractivity contribution in [1.82, 2.24) is 0 Å². The lowest BCUT2D eigenvalue weighted by molar-refractivity contribution is 0.400. The second-order valence-corrected chi connectivity index (χ2v) is 6.60. The SMILES string of the molecule is CC[C@@H]1Nc2ccc(C)cc2[C@@H](Nc2ccc(C)cc2)[C@H]1C. The summed E-state index contributed by atoms with van der Waals surface area (Å²) in [7, 11) is 0. The quantitative estimate of drug-likeness (QED) is 0.803. The first-order chi connectivity index (χ1) is 10.6. The molecule has 3 atom stereocenters. The van der Waals surface area contributed by atoms with Crippen LogP contribution in [0.2, 0.25) is 0 Å². The maximum atomic E-state index is 3.77. The van der Waals surface area contributed by atoms with Gasteiger partial charge in [-0.2, -0.15) is 0 Å². The Morgan fingerprint density at radius 2 is 1.68 bits per heavy atom. The first-order valence-corrected chi connectivity index (χ1v) is 8.28. The summed E-state index contributed by atoms with van der Waals surface area (Å²) in [6.45, 7) is 8.90. The van der Waals surface area contributed by atoms with Gasteiger partial charge in [-0.05, 0) is 44.0 Å². The molecule has 1 aliphatic heterocycles. The number of nitrogens with one attached hydrogen (secondary N) is 2. The lowest BCUT2D eigenvalue weighted by Gasteiger charge is -2.39. The summed E-state index contributed by atoms with van der Waals surface area (Å²) in [5.74, 6) is 0.542. The van der Waals surface area contributed by atoms with Gasteiger partial charge in [0.25, 0.3) is 0 Å². The average Bonchev–Trinajstić information content (AvgIpc) is 2.52. The Balaban J connectivity index is 1.96. The van der Waals surface area contributed by atoms with Gasteiger partial charge in [0, 0.05) is 23.3 Å². The molecule has 0 aromatic heterocycles. The third-order valence-corrected chi connectivity index (χ3v) is 4.86. The van der Waals surface area contributed by atoms with E-state index < -0.39 is 0 Å². The van der Waals surface area contributed by atoms with Crippen LogP contribution in [0.4, 0.5) is 11.4 Å². The van der Waals surface area contributed by atoms with E-state index in [1.807, 2.05) is 0 Å². The molecule has 0 fully saturated rings. The summed E-state index contributed by atoms with van der Waals surface area (Å²) in [5, 5.41) is 7.47. The average molecular weight is 294 g/mol. The topological polar surface area (TPSA) is 24.1 Å². The van der Waals surface area contributed by atoms with E-state index in [9.17, 15) is 0 Å². The molecule has 0 aliphatic carbocycles. The Kier molecular flexibility index (Phi) is 4.10. The molecule has 0 radical (unpaired) electrons. The van der Waals surface area contributed by atoms with Crippen LogP contribution in [-0.2, 0) is 0 Å². The molecule has 116 valence electrons. The van der Waals surface area contributed by atoms with E-state index in [2.05, 4.69) is 80.8 Å². The van der Waals surface area contributed by atoms with Crippen molar-refractivity contribution in [2.24, 2.45) is 5.92 Å². The summed E-state index contributed by atoms with van der Waals surface area (Å²) >= 11 is 0. The van der Waals surface area contributed by atoms with Gasteiger partial charge in [0.2, 0.25) is 0 Å². The van der Waals surface area contributed by atoms with E-state index in [0.29, 0.717) is 18.0 Å². The van der Waals surface area contributed by atoms with Gasteiger partial charge in [0.05, 0.1) is 6.04 Å². The highest BCUT2D eigenvalue weighted by Gasteiger charge is 2.32. The van der Waals surface area contributed by atoms with Crippen LogP contribution in [0.1, 0.15) is 43.0 Å². The molecular weight excluding hydrogens is 268 g/mol. The van der Waals surface area contributed by atoms with E-state index >= 15 is 0 Å². The largest absolute Gasteiger partial charge is 0.382 e. The molecule has 2 N–H and O–H groups in total. The molecule has 0 saturated carbocycles. The lowest BCUT2D eigenvalue weighted by atomic mass is 9.82. The van der Waals surface area contributed by atoms with Crippen molar-refractivity contribution in [1.29, 1.82) is 0 Å².